The number of nitrogens with one attached hydrogen (secondary N) is 1. The summed E-state index contributed by atoms with van der Waals surface area (Å²) < 4.78 is 13.7. The van der Waals surface area contributed by atoms with Gasteiger partial charge in [0.25, 0.3) is 0 Å². The van der Waals surface area contributed by atoms with Gasteiger partial charge in [-0.2, -0.15) is 0 Å². The average Bonchev–Trinajstić information content (AvgIpc) is 2.42. The molecule has 0 radical (unpaired) electrons. The number of nitrogens with zero attached hydrogens (tertiary/aromatic N) is 1. The van der Waals surface area contributed by atoms with E-state index in [1.807, 2.05) is 26.2 Å². The van der Waals surface area contributed by atoms with Gasteiger partial charge in [-0.1, -0.05) is 30.3 Å². The Hall–Kier alpha value is -1.87. The highest BCUT2D eigenvalue weighted by atomic mass is 19.1. The summed E-state index contributed by atoms with van der Waals surface area (Å²) in [4.78, 5) is 2.08. The van der Waals surface area contributed by atoms with Crippen LogP contribution in [0.3, 0.4) is 0 Å². The zero-order chi connectivity index (χ0) is 14.5. The molecule has 0 spiro atoms. The van der Waals surface area contributed by atoms with Crippen LogP contribution < -0.4 is 10.2 Å². The Morgan fingerprint density at radius 1 is 1.15 bits per heavy atom. The second-order valence-electron chi connectivity index (χ2n) is 5.10. The van der Waals surface area contributed by atoms with Gasteiger partial charge >= 0.3 is 0 Å². The molecule has 106 valence electrons. The SMILES string of the molecule is CNCc1ccc(N(C)Cc2ccccc2F)c(C)c1. The summed E-state index contributed by atoms with van der Waals surface area (Å²) in [5.74, 6) is -0.149. The lowest BCUT2D eigenvalue weighted by atomic mass is 10.1. The molecule has 0 aliphatic rings. The van der Waals surface area contributed by atoms with Crippen molar-refractivity contribution in [3.63, 3.8) is 0 Å². The Bertz CT molecular complexity index is 581. The molecule has 0 heterocycles. The fraction of sp³-hybridized carbons (Fsp3) is 0.294. The Kier molecular flexibility index (Phi) is 4.74. The van der Waals surface area contributed by atoms with Gasteiger partial charge in [0, 0.05) is 31.4 Å². The van der Waals surface area contributed by atoms with E-state index in [1.165, 1.54) is 17.2 Å². The molecule has 0 amide bonds. The fourth-order valence-corrected chi connectivity index (χ4v) is 2.43. The molecule has 1 N–H and O–H groups in total. The molecule has 0 atom stereocenters. The zero-order valence-corrected chi connectivity index (χ0v) is 12.3. The van der Waals surface area contributed by atoms with Crippen molar-refractivity contribution in [2.45, 2.75) is 20.0 Å². The largest absolute Gasteiger partial charge is 0.370 e. The van der Waals surface area contributed by atoms with Crippen LogP contribution in [0.1, 0.15) is 16.7 Å². The molecule has 0 aliphatic heterocycles. The molecule has 3 heteroatoms. The first-order chi connectivity index (χ1) is 9.61. The van der Waals surface area contributed by atoms with E-state index in [-0.39, 0.29) is 5.82 Å². The monoisotopic (exact) mass is 272 g/mol. The first kappa shape index (κ1) is 14.5. The lowest BCUT2D eigenvalue weighted by Crippen LogP contribution is -2.18. The predicted octanol–water partition coefficient (Wildman–Crippen LogP) is 3.49. The summed E-state index contributed by atoms with van der Waals surface area (Å²) in [7, 11) is 3.93. The fourth-order valence-electron chi connectivity index (χ4n) is 2.43. The van der Waals surface area contributed by atoms with Crippen LogP contribution >= 0.6 is 0 Å². The van der Waals surface area contributed by atoms with E-state index in [2.05, 4.69) is 35.3 Å². The number of aryl methyl sites for hydroxylation is 1. The van der Waals surface area contributed by atoms with Crippen LogP contribution in [0.4, 0.5) is 10.1 Å². The topological polar surface area (TPSA) is 15.3 Å². The van der Waals surface area contributed by atoms with Crippen molar-refractivity contribution in [3.8, 4) is 0 Å². The predicted molar refractivity (Wildman–Crippen MR) is 82.4 cm³/mol. The molecule has 0 saturated carbocycles. The standard InChI is InChI=1S/C17H21FN2/c1-13-10-14(11-19-2)8-9-17(13)20(3)12-15-6-4-5-7-16(15)18/h4-10,19H,11-12H2,1-3H3. The molecule has 0 aliphatic carbocycles. The van der Waals surface area contributed by atoms with Crippen LogP contribution in [0, 0.1) is 12.7 Å². The minimum Gasteiger partial charge on any atom is -0.370 e. The minimum absolute atomic E-state index is 0.149. The molecule has 0 fully saturated rings. The number of benzene rings is 2. The summed E-state index contributed by atoms with van der Waals surface area (Å²) in [6, 6.07) is 13.3. The van der Waals surface area contributed by atoms with Gasteiger partial charge in [0.05, 0.1) is 0 Å². The van der Waals surface area contributed by atoms with Crippen molar-refractivity contribution in [2.24, 2.45) is 0 Å². The lowest BCUT2D eigenvalue weighted by Gasteiger charge is -2.22. The smallest absolute Gasteiger partial charge is 0.128 e. The van der Waals surface area contributed by atoms with E-state index in [1.54, 1.807) is 6.07 Å². The molecule has 2 aromatic carbocycles. The van der Waals surface area contributed by atoms with Crippen LogP contribution in [0.25, 0.3) is 0 Å². The van der Waals surface area contributed by atoms with E-state index in [9.17, 15) is 4.39 Å². The summed E-state index contributed by atoms with van der Waals surface area (Å²) in [5.41, 5.74) is 4.31. The summed E-state index contributed by atoms with van der Waals surface area (Å²) in [6.07, 6.45) is 0. The average molecular weight is 272 g/mol. The summed E-state index contributed by atoms with van der Waals surface area (Å²) in [5, 5.41) is 3.14. The Morgan fingerprint density at radius 2 is 1.90 bits per heavy atom. The van der Waals surface area contributed by atoms with Gasteiger partial charge in [-0.25, -0.2) is 4.39 Å². The van der Waals surface area contributed by atoms with Crippen molar-refractivity contribution in [1.29, 1.82) is 0 Å². The normalized spacial score (nSPS) is 10.6. The maximum Gasteiger partial charge on any atom is 0.128 e. The first-order valence-corrected chi connectivity index (χ1v) is 6.80. The van der Waals surface area contributed by atoms with Crippen molar-refractivity contribution in [2.75, 3.05) is 19.0 Å². The van der Waals surface area contributed by atoms with Gasteiger partial charge in [-0.3, -0.25) is 0 Å². The molecular formula is C17H21FN2. The third-order valence-corrected chi connectivity index (χ3v) is 3.42. The van der Waals surface area contributed by atoms with Gasteiger partial charge in [-0.15, -0.1) is 0 Å². The third kappa shape index (κ3) is 3.36. The van der Waals surface area contributed by atoms with Gasteiger partial charge in [0.15, 0.2) is 0 Å². The maximum absolute atomic E-state index is 13.7. The Balaban J connectivity index is 2.17. The summed E-state index contributed by atoms with van der Waals surface area (Å²) in [6.45, 7) is 3.52. The lowest BCUT2D eigenvalue weighted by molar-refractivity contribution is 0.608. The third-order valence-electron chi connectivity index (χ3n) is 3.42. The Labute approximate surface area is 120 Å². The number of halogens is 1. The van der Waals surface area contributed by atoms with Crippen LogP contribution in [0.2, 0.25) is 0 Å². The molecule has 0 bridgehead atoms. The Morgan fingerprint density at radius 3 is 2.55 bits per heavy atom. The van der Waals surface area contributed by atoms with Crippen molar-refractivity contribution in [3.05, 3.63) is 65.0 Å². The number of hydrogen-bond acceptors (Lipinski definition) is 2. The number of hydrogen-bond donors (Lipinski definition) is 1. The van der Waals surface area contributed by atoms with Crippen LogP contribution in [0.15, 0.2) is 42.5 Å². The second kappa shape index (κ2) is 6.53. The molecular weight excluding hydrogens is 251 g/mol. The zero-order valence-electron chi connectivity index (χ0n) is 12.3. The van der Waals surface area contributed by atoms with Crippen molar-refractivity contribution in [1.82, 2.24) is 5.32 Å². The molecule has 20 heavy (non-hydrogen) atoms. The van der Waals surface area contributed by atoms with E-state index in [4.69, 9.17) is 0 Å². The minimum atomic E-state index is -0.149. The highest BCUT2D eigenvalue weighted by molar-refractivity contribution is 5.54. The highest BCUT2D eigenvalue weighted by Gasteiger charge is 2.08. The van der Waals surface area contributed by atoms with E-state index >= 15 is 0 Å². The van der Waals surface area contributed by atoms with Crippen molar-refractivity contribution >= 4 is 5.69 Å². The molecule has 0 aromatic heterocycles. The van der Waals surface area contributed by atoms with E-state index in [0.29, 0.717) is 12.1 Å². The molecule has 2 aromatic rings. The highest BCUT2D eigenvalue weighted by Crippen LogP contribution is 2.22. The van der Waals surface area contributed by atoms with Crippen molar-refractivity contribution < 1.29 is 4.39 Å². The van der Waals surface area contributed by atoms with Gasteiger partial charge in [-0.05, 0) is 37.2 Å². The van der Waals surface area contributed by atoms with Crippen LogP contribution in [0.5, 0.6) is 0 Å². The molecule has 0 saturated heterocycles. The van der Waals surface area contributed by atoms with Gasteiger partial charge < -0.3 is 10.2 Å². The molecule has 2 rings (SSSR count). The van der Waals surface area contributed by atoms with Crippen LogP contribution in [-0.2, 0) is 13.1 Å². The maximum atomic E-state index is 13.7. The van der Waals surface area contributed by atoms with Gasteiger partial charge in [0.1, 0.15) is 5.82 Å². The summed E-state index contributed by atoms with van der Waals surface area (Å²) >= 11 is 0. The second-order valence-corrected chi connectivity index (χ2v) is 5.10. The van der Waals surface area contributed by atoms with Crippen LogP contribution in [-0.4, -0.2) is 14.1 Å². The molecule has 0 unspecified atom stereocenters. The first-order valence-electron chi connectivity index (χ1n) is 6.80. The van der Waals surface area contributed by atoms with E-state index < -0.39 is 0 Å². The number of rotatable bonds is 5. The van der Waals surface area contributed by atoms with Gasteiger partial charge in [0.2, 0.25) is 0 Å². The molecule has 2 nitrogen and oxygen atoms in total. The quantitative estimate of drug-likeness (QED) is 0.896. The van der Waals surface area contributed by atoms with E-state index in [0.717, 1.165) is 12.2 Å². The number of anilines is 1.